The molecule has 1 aliphatic rings. The van der Waals surface area contributed by atoms with Gasteiger partial charge in [0.25, 0.3) is 0 Å². The maximum atomic E-state index is 10.9. The smallest absolute Gasteiger partial charge is 0.233 e. The number of morpholine rings is 1. The Morgan fingerprint density at radius 2 is 2.40 bits per heavy atom. The number of nitrogens with one attached hydrogen (secondary N) is 2. The number of ether oxygens (including phenoxy) is 1. The fourth-order valence-electron chi connectivity index (χ4n) is 1.63. The van der Waals surface area contributed by atoms with E-state index in [9.17, 15) is 4.79 Å². The van der Waals surface area contributed by atoms with Gasteiger partial charge in [0, 0.05) is 26.7 Å². The minimum absolute atomic E-state index is 0.0122. The molecule has 1 unspecified atom stereocenters. The van der Waals surface area contributed by atoms with E-state index in [0.29, 0.717) is 6.54 Å². The van der Waals surface area contributed by atoms with Crippen LogP contribution in [-0.4, -0.2) is 63.3 Å². The second-order valence-electron chi connectivity index (χ2n) is 3.69. The lowest BCUT2D eigenvalue weighted by Crippen LogP contribution is -2.47. The third-order valence-corrected chi connectivity index (χ3v) is 2.61. The van der Waals surface area contributed by atoms with Gasteiger partial charge in [-0.2, -0.15) is 0 Å². The molecule has 0 aromatic heterocycles. The number of likely N-dealkylation sites (N-methyl/N-ethyl adjacent to an activating group) is 2. The SMILES string of the molecule is CCN1CCOC(CNCC(=O)NC)C1. The first-order chi connectivity index (χ1) is 7.26. The van der Waals surface area contributed by atoms with E-state index >= 15 is 0 Å². The van der Waals surface area contributed by atoms with E-state index in [1.807, 2.05) is 0 Å². The van der Waals surface area contributed by atoms with Crippen molar-refractivity contribution in [3.63, 3.8) is 0 Å². The molecule has 1 heterocycles. The van der Waals surface area contributed by atoms with Crippen LogP contribution in [0.25, 0.3) is 0 Å². The second-order valence-corrected chi connectivity index (χ2v) is 3.69. The molecule has 15 heavy (non-hydrogen) atoms. The summed E-state index contributed by atoms with van der Waals surface area (Å²) in [7, 11) is 1.64. The van der Waals surface area contributed by atoms with Crippen LogP contribution in [0, 0.1) is 0 Å². The van der Waals surface area contributed by atoms with Gasteiger partial charge in [0.1, 0.15) is 0 Å². The minimum Gasteiger partial charge on any atom is -0.374 e. The Morgan fingerprint density at radius 1 is 1.60 bits per heavy atom. The van der Waals surface area contributed by atoms with Crippen molar-refractivity contribution in [3.05, 3.63) is 0 Å². The summed E-state index contributed by atoms with van der Waals surface area (Å²) in [6.45, 7) is 7.09. The molecule has 1 amide bonds. The van der Waals surface area contributed by atoms with E-state index in [-0.39, 0.29) is 12.0 Å². The highest BCUT2D eigenvalue weighted by atomic mass is 16.5. The zero-order valence-electron chi connectivity index (χ0n) is 9.58. The second kappa shape index (κ2) is 6.76. The summed E-state index contributed by atoms with van der Waals surface area (Å²) in [4.78, 5) is 13.3. The maximum Gasteiger partial charge on any atom is 0.233 e. The van der Waals surface area contributed by atoms with Crippen LogP contribution in [0.4, 0.5) is 0 Å². The van der Waals surface area contributed by atoms with Crippen LogP contribution in [-0.2, 0) is 9.53 Å². The fraction of sp³-hybridized carbons (Fsp3) is 0.900. The van der Waals surface area contributed by atoms with E-state index in [2.05, 4.69) is 22.5 Å². The standard InChI is InChI=1S/C10H21N3O2/c1-3-13-4-5-15-9(8-13)6-12-7-10(14)11-2/h9,12H,3-8H2,1-2H3,(H,11,14). The predicted octanol–water partition coefficient (Wildman–Crippen LogP) is -0.957. The Labute approximate surface area is 91.2 Å². The largest absolute Gasteiger partial charge is 0.374 e. The molecule has 0 aromatic carbocycles. The zero-order chi connectivity index (χ0) is 11.1. The van der Waals surface area contributed by atoms with E-state index in [1.54, 1.807) is 7.05 Å². The summed E-state index contributed by atoms with van der Waals surface area (Å²) in [5.41, 5.74) is 0. The highest BCUT2D eigenvalue weighted by Crippen LogP contribution is 2.03. The average molecular weight is 215 g/mol. The van der Waals surface area contributed by atoms with Crippen molar-refractivity contribution in [2.24, 2.45) is 0 Å². The summed E-state index contributed by atoms with van der Waals surface area (Å²) in [6, 6.07) is 0. The van der Waals surface area contributed by atoms with Crippen molar-refractivity contribution in [1.29, 1.82) is 0 Å². The average Bonchev–Trinajstić information content (AvgIpc) is 2.29. The van der Waals surface area contributed by atoms with Gasteiger partial charge in [-0.3, -0.25) is 9.69 Å². The summed E-state index contributed by atoms with van der Waals surface area (Å²) in [5, 5.41) is 5.66. The lowest BCUT2D eigenvalue weighted by Gasteiger charge is -2.32. The molecule has 5 heteroatoms. The highest BCUT2D eigenvalue weighted by Gasteiger charge is 2.18. The minimum atomic E-state index is 0.0122. The van der Waals surface area contributed by atoms with Gasteiger partial charge in [-0.05, 0) is 6.54 Å². The lowest BCUT2D eigenvalue weighted by atomic mass is 10.2. The fourth-order valence-corrected chi connectivity index (χ4v) is 1.63. The molecular weight excluding hydrogens is 194 g/mol. The molecule has 0 aromatic rings. The lowest BCUT2D eigenvalue weighted by molar-refractivity contribution is -0.119. The first-order valence-corrected chi connectivity index (χ1v) is 5.51. The quantitative estimate of drug-likeness (QED) is 0.620. The Bertz CT molecular complexity index is 199. The molecule has 1 fully saturated rings. The van der Waals surface area contributed by atoms with Gasteiger partial charge in [-0.15, -0.1) is 0 Å². The Morgan fingerprint density at radius 3 is 3.07 bits per heavy atom. The number of hydrogen-bond acceptors (Lipinski definition) is 4. The molecule has 1 atom stereocenters. The number of nitrogens with zero attached hydrogens (tertiary/aromatic N) is 1. The van der Waals surface area contributed by atoms with Gasteiger partial charge >= 0.3 is 0 Å². The summed E-state index contributed by atoms with van der Waals surface area (Å²) < 4.78 is 5.59. The van der Waals surface area contributed by atoms with Crippen molar-refractivity contribution in [1.82, 2.24) is 15.5 Å². The first kappa shape index (κ1) is 12.4. The molecule has 0 bridgehead atoms. The molecule has 1 aliphatic heterocycles. The third kappa shape index (κ3) is 4.59. The number of amides is 1. The van der Waals surface area contributed by atoms with Crippen molar-refractivity contribution >= 4 is 5.91 Å². The monoisotopic (exact) mass is 215 g/mol. The van der Waals surface area contributed by atoms with E-state index in [0.717, 1.165) is 32.8 Å². The van der Waals surface area contributed by atoms with Crippen LogP contribution in [0.2, 0.25) is 0 Å². The topological polar surface area (TPSA) is 53.6 Å². The first-order valence-electron chi connectivity index (χ1n) is 5.51. The number of rotatable bonds is 5. The summed E-state index contributed by atoms with van der Waals surface area (Å²) in [6.07, 6.45) is 0.211. The normalized spacial score (nSPS) is 22.7. The number of hydrogen-bond donors (Lipinski definition) is 2. The van der Waals surface area contributed by atoms with Gasteiger partial charge in [-0.25, -0.2) is 0 Å². The van der Waals surface area contributed by atoms with Crippen molar-refractivity contribution in [2.75, 3.05) is 46.4 Å². The van der Waals surface area contributed by atoms with Crippen LogP contribution < -0.4 is 10.6 Å². The number of carbonyl (C=O) groups is 1. The van der Waals surface area contributed by atoms with Gasteiger partial charge in [0.05, 0.1) is 19.3 Å². The van der Waals surface area contributed by atoms with Crippen LogP contribution in [0.5, 0.6) is 0 Å². The van der Waals surface area contributed by atoms with Crippen LogP contribution >= 0.6 is 0 Å². The highest BCUT2D eigenvalue weighted by molar-refractivity contribution is 5.77. The molecule has 5 nitrogen and oxygen atoms in total. The number of carbonyl (C=O) groups excluding carboxylic acids is 1. The molecule has 1 saturated heterocycles. The zero-order valence-corrected chi connectivity index (χ0v) is 9.58. The van der Waals surface area contributed by atoms with E-state index in [1.165, 1.54) is 0 Å². The molecule has 2 N–H and O–H groups in total. The van der Waals surface area contributed by atoms with E-state index in [4.69, 9.17) is 4.74 Å². The molecule has 0 radical (unpaired) electrons. The van der Waals surface area contributed by atoms with Gasteiger partial charge < -0.3 is 15.4 Å². The van der Waals surface area contributed by atoms with Crippen LogP contribution in [0.15, 0.2) is 0 Å². The van der Waals surface area contributed by atoms with Crippen molar-refractivity contribution in [2.45, 2.75) is 13.0 Å². The Hall–Kier alpha value is -0.650. The predicted molar refractivity (Wildman–Crippen MR) is 58.8 cm³/mol. The van der Waals surface area contributed by atoms with Crippen LogP contribution in [0.3, 0.4) is 0 Å². The molecule has 0 spiro atoms. The van der Waals surface area contributed by atoms with E-state index < -0.39 is 0 Å². The molecule has 1 rings (SSSR count). The van der Waals surface area contributed by atoms with Crippen molar-refractivity contribution in [3.8, 4) is 0 Å². The molecule has 88 valence electrons. The van der Waals surface area contributed by atoms with Crippen LogP contribution in [0.1, 0.15) is 6.92 Å². The summed E-state index contributed by atoms with van der Waals surface area (Å²) >= 11 is 0. The molecule has 0 saturated carbocycles. The Balaban J connectivity index is 2.12. The van der Waals surface area contributed by atoms with Gasteiger partial charge in [0.15, 0.2) is 0 Å². The van der Waals surface area contributed by atoms with Crippen molar-refractivity contribution < 1.29 is 9.53 Å². The van der Waals surface area contributed by atoms with Gasteiger partial charge in [-0.1, -0.05) is 6.92 Å². The third-order valence-electron chi connectivity index (χ3n) is 2.61. The molecule has 0 aliphatic carbocycles. The Kier molecular flexibility index (Phi) is 5.60. The summed E-state index contributed by atoms with van der Waals surface area (Å²) in [5.74, 6) is 0.0122. The molecular formula is C10H21N3O2. The maximum absolute atomic E-state index is 10.9. The van der Waals surface area contributed by atoms with Gasteiger partial charge in [0.2, 0.25) is 5.91 Å².